The first kappa shape index (κ1) is 22.6. The van der Waals surface area contributed by atoms with Gasteiger partial charge in [-0.15, -0.1) is 0 Å². The molecule has 2 N–H and O–H groups in total. The van der Waals surface area contributed by atoms with E-state index >= 15 is 0 Å². The maximum absolute atomic E-state index is 6.36. The van der Waals surface area contributed by atoms with Crippen LogP contribution < -0.4 is 20.1 Å². The number of aliphatic imine (C=N–C) groups is 1. The van der Waals surface area contributed by atoms with Gasteiger partial charge in [-0.1, -0.05) is 12.1 Å². The molecule has 1 saturated carbocycles. The van der Waals surface area contributed by atoms with E-state index in [1.165, 1.54) is 12.8 Å². The van der Waals surface area contributed by atoms with Crippen molar-refractivity contribution in [2.45, 2.75) is 51.8 Å². The summed E-state index contributed by atoms with van der Waals surface area (Å²) in [5.41, 5.74) is 2.12. The van der Waals surface area contributed by atoms with Gasteiger partial charge in [-0.25, -0.2) is 15.0 Å². The molecule has 0 aliphatic heterocycles. The quantitative estimate of drug-likeness (QED) is 0.382. The lowest BCUT2D eigenvalue weighted by atomic mass is 10.1. The molecule has 0 saturated heterocycles. The van der Waals surface area contributed by atoms with Gasteiger partial charge in [0.25, 0.3) is 0 Å². The summed E-state index contributed by atoms with van der Waals surface area (Å²) < 4.78 is 13.8. The van der Waals surface area contributed by atoms with Gasteiger partial charge in [0, 0.05) is 37.2 Å². The van der Waals surface area contributed by atoms with Crippen molar-refractivity contribution in [3.05, 3.63) is 66.4 Å². The van der Waals surface area contributed by atoms with E-state index in [0.29, 0.717) is 13.1 Å². The summed E-state index contributed by atoms with van der Waals surface area (Å²) in [4.78, 5) is 13.3. The van der Waals surface area contributed by atoms with Gasteiger partial charge in [-0.2, -0.15) is 0 Å². The van der Waals surface area contributed by atoms with Crippen LogP contribution in [0.2, 0.25) is 0 Å². The number of guanidine groups is 1. The number of ether oxygens (including phenoxy) is 2. The van der Waals surface area contributed by atoms with Crippen molar-refractivity contribution < 1.29 is 9.47 Å². The number of methoxy groups -OCH3 is 1. The average molecular weight is 449 g/mol. The molecule has 1 aliphatic rings. The first-order chi connectivity index (χ1) is 16.3. The van der Waals surface area contributed by atoms with Gasteiger partial charge in [0.15, 0.2) is 17.5 Å². The van der Waals surface area contributed by atoms with Crippen molar-refractivity contribution in [2.75, 3.05) is 13.7 Å². The number of rotatable bonds is 9. The number of aromatic nitrogens is 3. The lowest BCUT2D eigenvalue weighted by Gasteiger charge is -2.20. The highest BCUT2D eigenvalue weighted by Crippen LogP contribution is 2.34. The zero-order chi connectivity index (χ0) is 22.9. The van der Waals surface area contributed by atoms with Gasteiger partial charge < -0.3 is 20.1 Å². The molecule has 0 unspecified atom stereocenters. The Bertz CT molecular complexity index is 1040. The summed E-state index contributed by atoms with van der Waals surface area (Å²) in [6, 6.07) is 10.0. The highest BCUT2D eigenvalue weighted by Gasteiger charge is 2.20. The summed E-state index contributed by atoms with van der Waals surface area (Å²) in [7, 11) is 1.69. The van der Waals surface area contributed by atoms with E-state index in [4.69, 9.17) is 14.5 Å². The molecular formula is C25H32N6O2. The molecule has 0 radical (unpaired) electrons. The molecule has 1 aromatic carbocycles. The van der Waals surface area contributed by atoms with Crippen molar-refractivity contribution in [3.8, 4) is 17.3 Å². The summed E-state index contributed by atoms with van der Waals surface area (Å²) in [5.74, 6) is 3.16. The molecule has 0 atom stereocenters. The zero-order valence-corrected chi connectivity index (χ0v) is 19.3. The van der Waals surface area contributed by atoms with Crippen LogP contribution in [-0.4, -0.2) is 40.3 Å². The van der Waals surface area contributed by atoms with Gasteiger partial charge in [-0.3, -0.25) is 4.57 Å². The Hall–Kier alpha value is -3.55. The monoisotopic (exact) mass is 448 g/mol. The van der Waals surface area contributed by atoms with Gasteiger partial charge in [0.1, 0.15) is 12.1 Å². The largest absolute Gasteiger partial charge is 0.493 e. The molecule has 2 heterocycles. The van der Waals surface area contributed by atoms with Crippen LogP contribution in [0.25, 0.3) is 5.82 Å². The highest BCUT2D eigenvalue weighted by atomic mass is 16.5. The van der Waals surface area contributed by atoms with E-state index in [1.807, 2.05) is 35.0 Å². The number of para-hydroxylation sites is 1. The van der Waals surface area contributed by atoms with Crippen LogP contribution in [0, 0.1) is 0 Å². The maximum atomic E-state index is 6.36. The molecule has 8 nitrogen and oxygen atoms in total. The van der Waals surface area contributed by atoms with E-state index in [9.17, 15) is 0 Å². The standard InChI is InChI=1S/C25H32N6O2/c1-3-27-25(29-16-19-11-12-28-23(15-19)31-14-13-26-18-31)30-17-20-7-6-10-22(32-2)24(20)33-21-8-4-5-9-21/h6-7,10-15,18,21H,3-5,8-9,16-17H2,1-2H3,(H2,27,29,30). The molecule has 0 bridgehead atoms. The third-order valence-electron chi connectivity index (χ3n) is 5.66. The molecule has 4 rings (SSSR count). The zero-order valence-electron chi connectivity index (χ0n) is 19.3. The molecule has 3 aromatic rings. The molecule has 0 spiro atoms. The van der Waals surface area contributed by atoms with Gasteiger partial charge in [-0.05, 0) is 56.4 Å². The molecule has 8 heteroatoms. The summed E-state index contributed by atoms with van der Waals surface area (Å²) >= 11 is 0. The Labute approximate surface area is 195 Å². The Morgan fingerprint density at radius 2 is 2.06 bits per heavy atom. The van der Waals surface area contributed by atoms with E-state index < -0.39 is 0 Å². The number of benzene rings is 1. The minimum atomic E-state index is 0.262. The van der Waals surface area contributed by atoms with E-state index in [0.717, 1.165) is 53.8 Å². The number of hydrogen-bond donors (Lipinski definition) is 2. The number of pyridine rings is 1. The van der Waals surface area contributed by atoms with Crippen molar-refractivity contribution in [1.82, 2.24) is 25.2 Å². The van der Waals surface area contributed by atoms with Gasteiger partial charge in [0.2, 0.25) is 0 Å². The van der Waals surface area contributed by atoms with Crippen LogP contribution in [0.3, 0.4) is 0 Å². The fourth-order valence-corrected chi connectivity index (χ4v) is 3.95. The predicted molar refractivity (Wildman–Crippen MR) is 129 cm³/mol. The van der Waals surface area contributed by atoms with Crippen LogP contribution in [-0.2, 0) is 13.1 Å². The second kappa shape index (κ2) is 11.4. The van der Waals surface area contributed by atoms with Crippen molar-refractivity contribution >= 4 is 5.96 Å². The Morgan fingerprint density at radius 3 is 2.82 bits per heavy atom. The SMILES string of the molecule is CCNC(=NCc1ccnc(-n2ccnc2)c1)NCc1cccc(OC)c1OC1CCCC1. The molecule has 33 heavy (non-hydrogen) atoms. The van der Waals surface area contributed by atoms with Crippen LogP contribution >= 0.6 is 0 Å². The number of nitrogens with zero attached hydrogens (tertiary/aromatic N) is 4. The third kappa shape index (κ3) is 6.03. The van der Waals surface area contributed by atoms with Gasteiger partial charge >= 0.3 is 0 Å². The topological polar surface area (TPSA) is 85.6 Å². The lowest BCUT2D eigenvalue weighted by Crippen LogP contribution is -2.37. The second-order valence-corrected chi connectivity index (χ2v) is 8.01. The average Bonchev–Trinajstić information content (AvgIpc) is 3.56. The Balaban J connectivity index is 1.45. The summed E-state index contributed by atoms with van der Waals surface area (Å²) in [6.07, 6.45) is 12.1. The first-order valence-corrected chi connectivity index (χ1v) is 11.5. The fraction of sp³-hybridized carbons (Fsp3) is 0.400. The van der Waals surface area contributed by atoms with Crippen molar-refractivity contribution in [1.29, 1.82) is 0 Å². The lowest BCUT2D eigenvalue weighted by molar-refractivity contribution is 0.198. The molecule has 1 fully saturated rings. The van der Waals surface area contributed by atoms with Crippen LogP contribution in [0.5, 0.6) is 11.5 Å². The fourth-order valence-electron chi connectivity index (χ4n) is 3.95. The smallest absolute Gasteiger partial charge is 0.191 e. The van der Waals surface area contributed by atoms with E-state index in [-0.39, 0.29) is 6.10 Å². The van der Waals surface area contributed by atoms with Gasteiger partial charge in [0.05, 0.1) is 19.8 Å². The molecule has 2 aromatic heterocycles. The van der Waals surface area contributed by atoms with E-state index in [1.54, 1.807) is 25.8 Å². The van der Waals surface area contributed by atoms with Crippen LogP contribution in [0.15, 0.2) is 60.2 Å². The normalized spacial score (nSPS) is 14.3. The Morgan fingerprint density at radius 1 is 1.18 bits per heavy atom. The summed E-state index contributed by atoms with van der Waals surface area (Å²) in [5, 5.41) is 6.76. The van der Waals surface area contributed by atoms with Crippen LogP contribution in [0.1, 0.15) is 43.7 Å². The molecular weight excluding hydrogens is 416 g/mol. The minimum absolute atomic E-state index is 0.262. The van der Waals surface area contributed by atoms with E-state index in [2.05, 4.69) is 33.6 Å². The number of nitrogens with one attached hydrogen (secondary N) is 2. The maximum Gasteiger partial charge on any atom is 0.191 e. The van der Waals surface area contributed by atoms with Crippen LogP contribution in [0.4, 0.5) is 0 Å². The molecule has 1 aliphatic carbocycles. The minimum Gasteiger partial charge on any atom is -0.493 e. The third-order valence-corrected chi connectivity index (χ3v) is 5.66. The Kier molecular flexibility index (Phi) is 7.79. The molecule has 0 amide bonds. The molecule has 174 valence electrons. The van der Waals surface area contributed by atoms with Crippen molar-refractivity contribution in [2.24, 2.45) is 4.99 Å². The van der Waals surface area contributed by atoms with Crippen molar-refractivity contribution in [3.63, 3.8) is 0 Å². The highest BCUT2D eigenvalue weighted by molar-refractivity contribution is 5.79. The number of hydrogen-bond acceptors (Lipinski definition) is 5. The summed E-state index contributed by atoms with van der Waals surface area (Å²) in [6.45, 7) is 3.94. The first-order valence-electron chi connectivity index (χ1n) is 11.5. The second-order valence-electron chi connectivity index (χ2n) is 8.01. The number of imidazole rings is 1. The predicted octanol–water partition coefficient (Wildman–Crippen LogP) is 3.85.